The van der Waals surface area contributed by atoms with Crippen LogP contribution in [0.1, 0.15) is 68.9 Å². The molecule has 0 spiro atoms. The first-order valence-electron chi connectivity index (χ1n) is 15.6. The van der Waals surface area contributed by atoms with E-state index in [1.165, 1.54) is 4.57 Å². The molecule has 46 heavy (non-hydrogen) atoms. The Labute approximate surface area is 269 Å². The fourth-order valence-corrected chi connectivity index (χ4v) is 5.57. The number of rotatable bonds is 7. The van der Waals surface area contributed by atoms with E-state index in [0.717, 1.165) is 22.4 Å². The van der Waals surface area contributed by atoms with Crippen molar-refractivity contribution in [2.75, 3.05) is 18.4 Å². The van der Waals surface area contributed by atoms with E-state index in [0.29, 0.717) is 49.6 Å². The van der Waals surface area contributed by atoms with Crippen molar-refractivity contribution < 1.29 is 14.6 Å². The van der Waals surface area contributed by atoms with Crippen LogP contribution in [0.5, 0.6) is 5.75 Å². The summed E-state index contributed by atoms with van der Waals surface area (Å²) in [5.41, 5.74) is 3.97. The number of allylic oxidation sites excluding steroid dienone is 1. The van der Waals surface area contributed by atoms with E-state index >= 15 is 0 Å². The maximum Gasteiger partial charge on any atom is 0.320 e. The molecule has 2 amide bonds. The number of aromatic nitrogens is 1. The van der Waals surface area contributed by atoms with E-state index < -0.39 is 11.5 Å². The molecule has 3 aromatic rings. The summed E-state index contributed by atoms with van der Waals surface area (Å²) in [6.45, 7) is 8.81. The minimum Gasteiger partial charge on any atom is -0.484 e. The molecule has 11 heteroatoms. The van der Waals surface area contributed by atoms with Crippen molar-refractivity contribution in [2.45, 2.75) is 65.2 Å². The number of nitrogens with zero attached hydrogens (tertiary/aromatic N) is 2. The number of hydrogen-bond acceptors (Lipinski definition) is 7. The van der Waals surface area contributed by atoms with Crippen molar-refractivity contribution in [3.8, 4) is 5.75 Å². The first-order chi connectivity index (χ1) is 21.9. The molecular weight excluding hydrogens is 580 g/mol. The van der Waals surface area contributed by atoms with Crippen LogP contribution in [0.25, 0.3) is 0 Å². The normalized spacial score (nSPS) is 19.6. The second-order valence-corrected chi connectivity index (χ2v) is 13.0. The number of aliphatic hydroxyl groups excluding tert-OH is 1. The van der Waals surface area contributed by atoms with Crippen molar-refractivity contribution in [3.63, 3.8) is 0 Å². The highest BCUT2D eigenvalue weighted by Gasteiger charge is 2.30. The number of aliphatic hydroxyl groups is 1. The van der Waals surface area contributed by atoms with Crippen LogP contribution in [-0.2, 0) is 0 Å². The van der Waals surface area contributed by atoms with Gasteiger partial charge in [0.25, 0.3) is 0 Å². The van der Waals surface area contributed by atoms with Gasteiger partial charge in [0, 0.05) is 36.0 Å². The molecule has 0 unspecified atom stereocenters. The first kappa shape index (κ1) is 32.5. The van der Waals surface area contributed by atoms with Gasteiger partial charge in [-0.2, -0.15) is 0 Å². The van der Waals surface area contributed by atoms with E-state index in [9.17, 15) is 9.90 Å². The van der Waals surface area contributed by atoms with Gasteiger partial charge in [-0.05, 0) is 61.6 Å². The summed E-state index contributed by atoms with van der Waals surface area (Å²) < 4.78 is 7.90. The summed E-state index contributed by atoms with van der Waals surface area (Å²) in [4.78, 5) is 15.1. The predicted molar refractivity (Wildman–Crippen MR) is 179 cm³/mol. The molecule has 1 saturated heterocycles. The maximum absolute atomic E-state index is 13.4. The Balaban J connectivity index is 1.30. The van der Waals surface area contributed by atoms with Crippen LogP contribution in [0.15, 0.2) is 78.8 Å². The zero-order valence-electron chi connectivity index (χ0n) is 26.9. The minimum absolute atomic E-state index is 0.134. The smallest absolute Gasteiger partial charge is 0.320 e. The van der Waals surface area contributed by atoms with E-state index in [1.54, 1.807) is 29.3 Å². The van der Waals surface area contributed by atoms with Crippen LogP contribution in [-0.4, -0.2) is 51.5 Å². The number of likely N-dealkylation sites (tertiary alicyclic amines) is 1. The van der Waals surface area contributed by atoms with Crippen LogP contribution in [0.4, 0.5) is 10.5 Å². The molecule has 1 aromatic heterocycles. The zero-order chi connectivity index (χ0) is 33.0. The Morgan fingerprint density at radius 3 is 2.39 bits per heavy atom. The number of amides is 2. The summed E-state index contributed by atoms with van der Waals surface area (Å²) in [6, 6.07) is 18.4. The van der Waals surface area contributed by atoms with Gasteiger partial charge in [-0.15, -0.1) is 0 Å². The molecule has 3 atom stereocenters. The molecule has 1 aliphatic heterocycles. The number of urea groups is 1. The number of β-amino-alcohol motifs (C(OH)–C–C–N with tert-alkyl or cyclic N) is 1. The fourth-order valence-electron chi connectivity index (χ4n) is 5.57. The number of ether oxygens (including phenoxy) is 1. The molecule has 7 N–H and O–H groups in total. The van der Waals surface area contributed by atoms with Crippen molar-refractivity contribution in [1.82, 2.24) is 20.1 Å². The monoisotopic (exact) mass is 624 g/mol. The average molecular weight is 625 g/mol. The van der Waals surface area contributed by atoms with Crippen LogP contribution < -0.4 is 26.2 Å². The summed E-state index contributed by atoms with van der Waals surface area (Å²) >= 11 is 0. The highest BCUT2D eigenvalue weighted by molar-refractivity contribution is 5.97. The lowest BCUT2D eigenvalue weighted by Crippen LogP contribution is -2.41. The number of pyridine rings is 1. The molecule has 5 rings (SSSR count). The Morgan fingerprint density at radius 2 is 1.72 bits per heavy atom. The lowest BCUT2D eigenvalue weighted by Gasteiger charge is -2.32. The van der Waals surface area contributed by atoms with Crippen molar-refractivity contribution in [2.24, 2.45) is 5.41 Å². The average Bonchev–Trinajstić information content (AvgIpc) is 3.45. The van der Waals surface area contributed by atoms with E-state index in [-0.39, 0.29) is 29.6 Å². The van der Waals surface area contributed by atoms with Crippen LogP contribution in [0.2, 0.25) is 0 Å². The van der Waals surface area contributed by atoms with Crippen LogP contribution in [0.3, 0.4) is 0 Å². The fraction of sp³-hybridized carbons (Fsp3) is 0.371. The molecule has 2 aliphatic rings. The molecule has 11 nitrogen and oxygen atoms in total. The highest BCUT2D eigenvalue weighted by atomic mass is 16.5. The molecule has 0 radical (unpaired) electrons. The quantitative estimate of drug-likeness (QED) is 0.138. The number of hydrogen-bond donors (Lipinski definition) is 7. The molecule has 242 valence electrons. The number of benzene rings is 2. The Morgan fingerprint density at radius 1 is 1.00 bits per heavy atom. The largest absolute Gasteiger partial charge is 0.484 e. The Hall–Kier alpha value is -4.90. The Bertz CT molecular complexity index is 1690. The molecule has 1 fully saturated rings. The van der Waals surface area contributed by atoms with Gasteiger partial charge in [0.2, 0.25) is 5.96 Å². The van der Waals surface area contributed by atoms with Gasteiger partial charge in [-0.3, -0.25) is 20.7 Å². The highest BCUT2D eigenvalue weighted by Crippen LogP contribution is 2.38. The number of nitrogens with one attached hydrogen (secondary N) is 6. The van der Waals surface area contributed by atoms with Crippen LogP contribution >= 0.6 is 0 Å². The number of anilines is 1. The third-order valence-electron chi connectivity index (χ3n) is 8.31. The molecule has 0 saturated carbocycles. The Kier molecular flexibility index (Phi) is 9.62. The number of carbonyl (C=O) groups is 1. The molecular formula is C35H44N8O3. The molecule has 2 heterocycles. The lowest BCUT2D eigenvalue weighted by atomic mass is 9.85. The number of aryl methyl sites for hydroxylation is 1. The number of carbonyl (C=O) groups excluding carboxylic acids is 1. The van der Waals surface area contributed by atoms with Gasteiger partial charge in [-0.1, -0.05) is 62.7 Å². The summed E-state index contributed by atoms with van der Waals surface area (Å²) in [5, 5.41) is 44.7. The number of fused-ring (bicyclic) bond motifs is 1. The summed E-state index contributed by atoms with van der Waals surface area (Å²) in [5.74, 6) is 1.07. The third-order valence-corrected chi connectivity index (χ3v) is 8.31. The SMILES string of the molecule is Cc1ccc(N/C(=C\C(=N)C(C)(C)C)NC(=O)N[C@H]2CC[C@@H](Oc3ccc(=N)n(C(=N)N4CC[C@H](O)C4)c3)c3ccccc32)cc1. The van der Waals surface area contributed by atoms with Crippen molar-refractivity contribution in [3.05, 3.63) is 101 Å². The van der Waals surface area contributed by atoms with Gasteiger partial charge in [0.05, 0.1) is 18.3 Å². The van der Waals surface area contributed by atoms with Crippen molar-refractivity contribution >= 4 is 23.4 Å². The summed E-state index contributed by atoms with van der Waals surface area (Å²) in [6.07, 6.45) is 4.42. The van der Waals surface area contributed by atoms with E-state index in [1.807, 2.05) is 76.2 Å². The van der Waals surface area contributed by atoms with E-state index in [2.05, 4.69) is 16.0 Å². The third kappa shape index (κ3) is 7.84. The van der Waals surface area contributed by atoms with Gasteiger partial charge in [0.1, 0.15) is 23.2 Å². The van der Waals surface area contributed by atoms with Gasteiger partial charge < -0.3 is 30.8 Å². The van der Waals surface area contributed by atoms with Gasteiger partial charge in [0.15, 0.2) is 0 Å². The maximum atomic E-state index is 13.4. The van der Waals surface area contributed by atoms with Gasteiger partial charge >= 0.3 is 6.03 Å². The van der Waals surface area contributed by atoms with E-state index in [4.69, 9.17) is 21.0 Å². The summed E-state index contributed by atoms with van der Waals surface area (Å²) in [7, 11) is 0. The van der Waals surface area contributed by atoms with Crippen LogP contribution in [0, 0.1) is 28.6 Å². The zero-order valence-corrected chi connectivity index (χ0v) is 26.9. The van der Waals surface area contributed by atoms with Crippen molar-refractivity contribution in [1.29, 1.82) is 16.2 Å². The second-order valence-electron chi connectivity index (χ2n) is 13.0. The molecule has 1 aliphatic carbocycles. The first-order valence-corrected chi connectivity index (χ1v) is 15.6. The molecule has 0 bridgehead atoms. The second kappa shape index (κ2) is 13.6. The minimum atomic E-state index is -0.471. The topological polar surface area (TPSA) is 162 Å². The lowest BCUT2D eigenvalue weighted by molar-refractivity contribution is 0.170. The standard InChI is InChI=1S/C35H44N8O3/c1-22-9-11-23(12-10-22)39-32(19-30(36)35(2,3)4)41-34(45)40-28-14-15-29(27-8-6-5-7-26(27)28)46-25-13-16-31(37)43(21-25)33(38)42-18-17-24(44)20-42/h5-13,16,19,21,24,28-29,36-39,44H,14-15,17-18,20H2,1-4H3,(H2,40,41,45)/b32-19+,36-30?,37-31?,38-33?/t24-,28-,29+/m0/s1. The molecule has 2 aromatic carbocycles. The van der Waals surface area contributed by atoms with Gasteiger partial charge in [-0.25, -0.2) is 4.79 Å². The predicted octanol–water partition coefficient (Wildman–Crippen LogP) is 5.40.